The van der Waals surface area contributed by atoms with Crippen LogP contribution >= 0.6 is 0 Å². The Morgan fingerprint density at radius 2 is 2.10 bits per heavy atom. The highest BCUT2D eigenvalue weighted by atomic mass is 16.6. The molecule has 0 fully saturated rings. The number of phenols is 1. The molecular weight excluding hydrogens is 396 g/mol. The Bertz CT molecular complexity index is 1190. The van der Waals surface area contributed by atoms with Crippen LogP contribution in [0.1, 0.15) is 18.1 Å². The van der Waals surface area contributed by atoms with Gasteiger partial charge in [0, 0.05) is 31.2 Å². The number of anilines is 1. The molecule has 0 spiro atoms. The molecule has 154 valence electrons. The average Bonchev–Trinajstić information content (AvgIpc) is 2.67. The second-order valence-electron chi connectivity index (χ2n) is 5.99. The van der Waals surface area contributed by atoms with Gasteiger partial charge in [-0.3, -0.25) is 24.3 Å². The van der Waals surface area contributed by atoms with Gasteiger partial charge in [0.2, 0.25) is 11.8 Å². The van der Waals surface area contributed by atoms with E-state index >= 15 is 0 Å². The van der Waals surface area contributed by atoms with Crippen LogP contribution in [-0.2, 0) is 11.3 Å². The van der Waals surface area contributed by atoms with Crippen molar-refractivity contribution in [2.24, 2.45) is 10.2 Å². The smallest absolute Gasteiger partial charge is 0.281 e. The Morgan fingerprint density at radius 1 is 1.43 bits per heavy atom. The molecule has 1 heterocycles. The molecule has 0 aliphatic rings. The van der Waals surface area contributed by atoms with Crippen molar-refractivity contribution in [2.45, 2.75) is 20.4 Å². The Hall–Kier alpha value is -4.53. The molecule has 0 saturated carbocycles. The van der Waals surface area contributed by atoms with E-state index in [4.69, 9.17) is 0 Å². The van der Waals surface area contributed by atoms with E-state index in [0.29, 0.717) is 0 Å². The van der Waals surface area contributed by atoms with Crippen molar-refractivity contribution in [3.05, 3.63) is 56.4 Å². The number of allylic oxidation sites excluding steroid dienone is 1. The summed E-state index contributed by atoms with van der Waals surface area (Å²) in [6, 6.07) is 3.60. The number of nitriles is 1. The molecule has 0 aliphatic carbocycles. The van der Waals surface area contributed by atoms with E-state index in [1.807, 2.05) is 0 Å². The summed E-state index contributed by atoms with van der Waals surface area (Å²) < 4.78 is 0.850. The Kier molecular flexibility index (Phi) is 6.28. The van der Waals surface area contributed by atoms with E-state index in [1.165, 1.54) is 13.0 Å². The minimum atomic E-state index is -0.792. The molecule has 0 saturated heterocycles. The standard InChI is InChI=1S/C18H16N6O6/c1-4-5-23-17(27)12(8-19)9(2)15(18(23)28)22-21-14-7-11(24(29)30)6-13(16(14)26)20-10(3)25/h4,6-7,26-27H,1,5H2,2-3H3,(H,20,25). The summed E-state index contributed by atoms with van der Waals surface area (Å²) >= 11 is 0. The van der Waals surface area contributed by atoms with Crippen molar-refractivity contribution in [1.82, 2.24) is 4.57 Å². The molecule has 0 radical (unpaired) electrons. The summed E-state index contributed by atoms with van der Waals surface area (Å²) in [5, 5.41) is 50.5. The van der Waals surface area contributed by atoms with E-state index in [2.05, 4.69) is 22.1 Å². The normalized spacial score (nSPS) is 10.6. The summed E-state index contributed by atoms with van der Waals surface area (Å²) in [5.74, 6) is -1.76. The van der Waals surface area contributed by atoms with Crippen molar-refractivity contribution in [2.75, 3.05) is 5.32 Å². The number of hydrogen-bond acceptors (Lipinski definition) is 9. The van der Waals surface area contributed by atoms with E-state index in [9.17, 15) is 35.2 Å². The molecule has 3 N–H and O–H groups in total. The van der Waals surface area contributed by atoms with Crippen LogP contribution in [0.2, 0.25) is 0 Å². The first-order chi connectivity index (χ1) is 14.1. The number of amides is 1. The summed E-state index contributed by atoms with van der Waals surface area (Å²) in [6.45, 7) is 5.86. The van der Waals surface area contributed by atoms with Crippen LogP contribution in [0.15, 0.2) is 39.8 Å². The number of benzene rings is 1. The lowest BCUT2D eigenvalue weighted by molar-refractivity contribution is -0.384. The maximum Gasteiger partial charge on any atom is 0.281 e. The monoisotopic (exact) mass is 412 g/mol. The van der Waals surface area contributed by atoms with E-state index in [1.54, 1.807) is 6.07 Å². The van der Waals surface area contributed by atoms with Crippen molar-refractivity contribution >= 4 is 28.7 Å². The molecule has 12 heteroatoms. The zero-order chi connectivity index (χ0) is 22.6. The summed E-state index contributed by atoms with van der Waals surface area (Å²) in [4.78, 5) is 34.3. The number of carbonyl (C=O) groups excluding carboxylic acids is 1. The number of carbonyl (C=O) groups is 1. The highest BCUT2D eigenvalue weighted by molar-refractivity contribution is 5.92. The lowest BCUT2D eigenvalue weighted by Crippen LogP contribution is -2.21. The van der Waals surface area contributed by atoms with Crippen molar-refractivity contribution in [3.63, 3.8) is 0 Å². The molecule has 0 atom stereocenters. The van der Waals surface area contributed by atoms with Crippen LogP contribution in [0.3, 0.4) is 0 Å². The van der Waals surface area contributed by atoms with Gasteiger partial charge in [0.25, 0.3) is 11.2 Å². The molecule has 1 aromatic heterocycles. The van der Waals surface area contributed by atoms with Gasteiger partial charge < -0.3 is 15.5 Å². The van der Waals surface area contributed by atoms with Gasteiger partial charge in [-0.05, 0) is 6.92 Å². The fourth-order valence-corrected chi connectivity index (χ4v) is 2.53. The summed E-state index contributed by atoms with van der Waals surface area (Å²) in [7, 11) is 0. The van der Waals surface area contributed by atoms with Crippen LogP contribution in [-0.4, -0.2) is 25.6 Å². The number of nitrogens with zero attached hydrogens (tertiary/aromatic N) is 5. The molecule has 1 aromatic carbocycles. The molecule has 1 amide bonds. The van der Waals surface area contributed by atoms with Crippen molar-refractivity contribution in [3.8, 4) is 17.7 Å². The largest absolute Gasteiger partial charge is 0.504 e. The van der Waals surface area contributed by atoms with Crippen LogP contribution in [0.4, 0.5) is 22.7 Å². The predicted octanol–water partition coefficient (Wildman–Crippen LogP) is 2.91. The van der Waals surface area contributed by atoms with Gasteiger partial charge in [-0.15, -0.1) is 16.8 Å². The SMILES string of the molecule is C=CCn1c(O)c(C#N)c(C)c(N=Nc2cc([N+](=O)[O-])cc(NC(C)=O)c2O)c1=O. The fourth-order valence-electron chi connectivity index (χ4n) is 2.53. The number of phenolic OH excluding ortho intramolecular Hbond substituents is 1. The second-order valence-corrected chi connectivity index (χ2v) is 5.99. The first kappa shape index (κ1) is 21.8. The van der Waals surface area contributed by atoms with Crippen LogP contribution < -0.4 is 10.9 Å². The lowest BCUT2D eigenvalue weighted by Gasteiger charge is -2.11. The van der Waals surface area contributed by atoms with Gasteiger partial charge in [0.15, 0.2) is 11.4 Å². The van der Waals surface area contributed by atoms with Crippen molar-refractivity contribution in [1.29, 1.82) is 5.26 Å². The highest BCUT2D eigenvalue weighted by Gasteiger charge is 2.20. The Labute approximate surface area is 169 Å². The third kappa shape index (κ3) is 4.14. The van der Waals surface area contributed by atoms with Gasteiger partial charge in [0.05, 0.1) is 10.6 Å². The Morgan fingerprint density at radius 3 is 2.63 bits per heavy atom. The van der Waals surface area contributed by atoms with Gasteiger partial charge in [-0.1, -0.05) is 6.08 Å². The molecule has 30 heavy (non-hydrogen) atoms. The minimum absolute atomic E-state index is 0.0241. The third-order valence-electron chi connectivity index (χ3n) is 3.93. The number of nitro groups is 1. The number of non-ortho nitro benzene ring substituents is 1. The lowest BCUT2D eigenvalue weighted by atomic mass is 10.1. The van der Waals surface area contributed by atoms with Gasteiger partial charge in [0.1, 0.15) is 17.3 Å². The number of aromatic hydroxyl groups is 2. The number of azo groups is 1. The number of nitrogens with one attached hydrogen (secondary N) is 1. The Balaban J connectivity index is 2.72. The minimum Gasteiger partial charge on any atom is -0.504 e. The van der Waals surface area contributed by atoms with Crippen LogP contribution in [0, 0.1) is 28.4 Å². The van der Waals surface area contributed by atoms with Crippen LogP contribution in [0.25, 0.3) is 0 Å². The van der Waals surface area contributed by atoms with Gasteiger partial charge in [-0.2, -0.15) is 5.26 Å². The molecule has 12 nitrogen and oxygen atoms in total. The van der Waals surface area contributed by atoms with E-state index in [-0.39, 0.29) is 29.0 Å². The third-order valence-corrected chi connectivity index (χ3v) is 3.93. The maximum atomic E-state index is 12.6. The van der Waals surface area contributed by atoms with Gasteiger partial charge >= 0.3 is 0 Å². The molecule has 0 unspecified atom stereocenters. The topological polar surface area (TPSA) is 183 Å². The van der Waals surface area contributed by atoms with Crippen LogP contribution in [0.5, 0.6) is 11.6 Å². The molecule has 2 rings (SSSR count). The number of aromatic nitrogens is 1. The quantitative estimate of drug-likeness (QED) is 0.214. The number of rotatable bonds is 6. The highest BCUT2D eigenvalue weighted by Crippen LogP contribution is 2.39. The molecular formula is C18H16N6O6. The van der Waals surface area contributed by atoms with Gasteiger partial charge in [-0.25, -0.2) is 0 Å². The van der Waals surface area contributed by atoms with E-state index in [0.717, 1.165) is 23.6 Å². The summed E-state index contributed by atoms with van der Waals surface area (Å²) in [6.07, 6.45) is 1.32. The number of nitro benzene ring substituents is 1. The second kappa shape index (κ2) is 8.65. The zero-order valence-electron chi connectivity index (χ0n) is 15.9. The molecule has 2 aromatic rings. The number of pyridine rings is 1. The summed E-state index contributed by atoms with van der Waals surface area (Å²) in [5.41, 5.74) is -2.46. The first-order valence-corrected chi connectivity index (χ1v) is 8.30. The molecule has 0 bridgehead atoms. The number of hydrogen-bond donors (Lipinski definition) is 3. The predicted molar refractivity (Wildman–Crippen MR) is 105 cm³/mol. The first-order valence-electron chi connectivity index (χ1n) is 8.30. The molecule has 0 aliphatic heterocycles. The van der Waals surface area contributed by atoms with Crippen molar-refractivity contribution < 1.29 is 19.9 Å². The van der Waals surface area contributed by atoms with E-state index < -0.39 is 39.4 Å². The fraction of sp³-hybridized carbons (Fsp3) is 0.167. The zero-order valence-corrected chi connectivity index (χ0v) is 15.9. The average molecular weight is 412 g/mol. The maximum absolute atomic E-state index is 12.6.